The summed E-state index contributed by atoms with van der Waals surface area (Å²) in [4.78, 5) is 23.1. The van der Waals surface area contributed by atoms with Crippen LogP contribution in [0.5, 0.6) is 17.2 Å². The van der Waals surface area contributed by atoms with Crippen molar-refractivity contribution in [3.05, 3.63) is 28.3 Å². The van der Waals surface area contributed by atoms with Crippen molar-refractivity contribution in [2.75, 3.05) is 7.11 Å². The predicted molar refractivity (Wildman–Crippen MR) is 59.1 cm³/mol. The Labute approximate surface area is 101 Å². The Balaban J connectivity index is 2.91. The van der Waals surface area contributed by atoms with Gasteiger partial charge in [-0.25, -0.2) is 0 Å². The third kappa shape index (κ3) is 1.47. The van der Waals surface area contributed by atoms with Crippen LogP contribution in [0.3, 0.4) is 0 Å². The lowest BCUT2D eigenvalue weighted by Crippen LogP contribution is -2.13. The molecule has 0 saturated carbocycles. The van der Waals surface area contributed by atoms with Gasteiger partial charge in [0.15, 0.2) is 23.1 Å². The first-order valence-corrected chi connectivity index (χ1v) is 4.95. The molecule has 0 aromatic heterocycles. The zero-order valence-electron chi connectivity index (χ0n) is 8.65. The van der Waals surface area contributed by atoms with E-state index in [1.54, 1.807) is 0 Å². The van der Waals surface area contributed by atoms with Crippen molar-refractivity contribution in [3.63, 3.8) is 0 Å². The number of carbonyl (C=O) groups is 2. The van der Waals surface area contributed by atoms with E-state index in [1.807, 2.05) is 0 Å². The molecule has 0 atom stereocenters. The molecular weight excluding hydrogens is 248 g/mol. The van der Waals surface area contributed by atoms with Crippen LogP contribution in [-0.4, -0.2) is 28.9 Å². The minimum atomic E-state index is -0.600. The summed E-state index contributed by atoms with van der Waals surface area (Å²) in [5.74, 6) is -2.55. The fourth-order valence-corrected chi connectivity index (χ4v) is 1.92. The highest BCUT2D eigenvalue weighted by Gasteiger charge is 2.31. The molecule has 0 radical (unpaired) electrons. The third-order valence-electron chi connectivity index (χ3n) is 2.43. The number of hydrogen-bond acceptors (Lipinski definition) is 5. The van der Waals surface area contributed by atoms with Gasteiger partial charge in [-0.1, -0.05) is 11.6 Å². The van der Waals surface area contributed by atoms with Gasteiger partial charge in [-0.3, -0.25) is 9.59 Å². The van der Waals surface area contributed by atoms with Crippen LogP contribution in [0.4, 0.5) is 0 Å². The largest absolute Gasteiger partial charge is 0.505 e. The van der Waals surface area contributed by atoms with Crippen LogP contribution in [0.15, 0.2) is 12.2 Å². The van der Waals surface area contributed by atoms with Gasteiger partial charge in [0.05, 0.1) is 18.2 Å². The van der Waals surface area contributed by atoms with E-state index in [4.69, 9.17) is 16.3 Å². The molecule has 1 aromatic carbocycles. The minimum absolute atomic E-state index is 0.237. The van der Waals surface area contributed by atoms with Crippen LogP contribution in [0, 0.1) is 0 Å². The topological polar surface area (TPSA) is 83.8 Å². The lowest BCUT2D eigenvalue weighted by molar-refractivity contribution is 0.0988. The van der Waals surface area contributed by atoms with Gasteiger partial charge in [0, 0.05) is 0 Å². The molecule has 88 valence electrons. The predicted octanol–water partition coefficient (Wildman–Crippen LogP) is 1.69. The van der Waals surface area contributed by atoms with E-state index in [2.05, 4.69) is 0 Å². The Hall–Kier alpha value is -2.01. The SMILES string of the molecule is COc1c(O)c2c(c(O)c1Cl)C(=O)C=CC2=O. The van der Waals surface area contributed by atoms with Crippen LogP contribution in [-0.2, 0) is 0 Å². The molecule has 1 aromatic rings. The van der Waals surface area contributed by atoms with Crippen molar-refractivity contribution < 1.29 is 24.5 Å². The molecule has 2 N–H and O–H groups in total. The van der Waals surface area contributed by atoms with Crippen LogP contribution in [0.2, 0.25) is 5.02 Å². The first-order valence-electron chi connectivity index (χ1n) is 4.57. The maximum Gasteiger partial charge on any atom is 0.190 e. The molecule has 0 amide bonds. The summed E-state index contributed by atoms with van der Waals surface area (Å²) in [6.45, 7) is 0. The lowest BCUT2D eigenvalue weighted by Gasteiger charge is -2.16. The molecule has 0 heterocycles. The zero-order chi connectivity index (χ0) is 12.7. The molecule has 0 fully saturated rings. The third-order valence-corrected chi connectivity index (χ3v) is 2.78. The maximum atomic E-state index is 11.6. The van der Waals surface area contributed by atoms with E-state index in [0.717, 1.165) is 12.2 Å². The average Bonchev–Trinajstić information content (AvgIpc) is 2.30. The second-order valence-corrected chi connectivity index (χ2v) is 3.73. The Morgan fingerprint density at radius 3 is 2.00 bits per heavy atom. The molecule has 0 saturated heterocycles. The average molecular weight is 255 g/mol. The van der Waals surface area contributed by atoms with Crippen molar-refractivity contribution in [2.24, 2.45) is 0 Å². The fraction of sp³-hybridized carbons (Fsp3) is 0.0909. The summed E-state index contributed by atoms with van der Waals surface area (Å²) in [6, 6.07) is 0. The molecule has 17 heavy (non-hydrogen) atoms. The molecule has 5 nitrogen and oxygen atoms in total. The fourth-order valence-electron chi connectivity index (χ4n) is 1.66. The van der Waals surface area contributed by atoms with E-state index >= 15 is 0 Å². The smallest absolute Gasteiger partial charge is 0.190 e. The molecule has 0 aliphatic heterocycles. The summed E-state index contributed by atoms with van der Waals surface area (Å²) < 4.78 is 4.78. The van der Waals surface area contributed by atoms with Gasteiger partial charge in [-0.15, -0.1) is 0 Å². The van der Waals surface area contributed by atoms with Crippen molar-refractivity contribution in [2.45, 2.75) is 0 Å². The summed E-state index contributed by atoms with van der Waals surface area (Å²) >= 11 is 5.73. The summed E-state index contributed by atoms with van der Waals surface area (Å²) in [5, 5.41) is 19.2. The number of rotatable bonds is 1. The number of phenols is 2. The van der Waals surface area contributed by atoms with Gasteiger partial charge in [-0.05, 0) is 12.2 Å². The van der Waals surface area contributed by atoms with Crippen molar-refractivity contribution in [1.82, 2.24) is 0 Å². The first-order chi connectivity index (χ1) is 7.99. The van der Waals surface area contributed by atoms with E-state index in [-0.39, 0.29) is 21.9 Å². The standard InChI is InChI=1S/C11H7ClO5/c1-17-11-8(12)9(15)6-4(13)2-3-5(14)7(6)10(11)16/h2-3,15-16H,1H3. The van der Waals surface area contributed by atoms with Gasteiger partial charge < -0.3 is 14.9 Å². The molecule has 0 spiro atoms. The number of allylic oxidation sites excluding steroid dienone is 2. The van der Waals surface area contributed by atoms with E-state index in [0.29, 0.717) is 0 Å². The molecule has 2 rings (SSSR count). The van der Waals surface area contributed by atoms with Crippen molar-refractivity contribution >= 4 is 23.2 Å². The molecule has 1 aliphatic carbocycles. The number of carbonyl (C=O) groups excluding carboxylic acids is 2. The second-order valence-electron chi connectivity index (χ2n) is 3.36. The molecule has 1 aliphatic rings. The molecular formula is C11H7ClO5. The second kappa shape index (κ2) is 3.78. The van der Waals surface area contributed by atoms with Gasteiger partial charge in [0.1, 0.15) is 10.8 Å². The number of hydrogen-bond donors (Lipinski definition) is 2. The lowest BCUT2D eigenvalue weighted by atomic mass is 9.92. The Kier molecular flexibility index (Phi) is 2.55. The van der Waals surface area contributed by atoms with Gasteiger partial charge in [0.25, 0.3) is 0 Å². The van der Waals surface area contributed by atoms with Gasteiger partial charge in [0.2, 0.25) is 0 Å². The van der Waals surface area contributed by atoms with Crippen LogP contribution < -0.4 is 4.74 Å². The Morgan fingerprint density at radius 1 is 1.06 bits per heavy atom. The highest BCUT2D eigenvalue weighted by molar-refractivity contribution is 6.36. The number of halogens is 1. The number of benzene rings is 1. The first kappa shape index (κ1) is 11.5. The van der Waals surface area contributed by atoms with E-state index in [9.17, 15) is 19.8 Å². The monoisotopic (exact) mass is 254 g/mol. The number of aromatic hydroxyl groups is 2. The summed E-state index contributed by atoms with van der Waals surface area (Å²) in [7, 11) is 1.22. The zero-order valence-corrected chi connectivity index (χ0v) is 9.41. The van der Waals surface area contributed by atoms with Gasteiger partial charge in [-0.2, -0.15) is 0 Å². The number of ether oxygens (including phenoxy) is 1. The summed E-state index contributed by atoms with van der Waals surface area (Å²) in [6.07, 6.45) is 2.02. The van der Waals surface area contributed by atoms with Crippen molar-refractivity contribution in [1.29, 1.82) is 0 Å². The number of fused-ring (bicyclic) bond motifs is 1. The Bertz CT molecular complexity index is 574. The molecule has 6 heteroatoms. The normalized spacial score (nSPS) is 13.8. The number of phenolic OH excluding ortho intramolecular Hbond substituents is 2. The number of ketones is 2. The van der Waals surface area contributed by atoms with Crippen molar-refractivity contribution in [3.8, 4) is 17.2 Å². The quantitative estimate of drug-likeness (QED) is 0.745. The molecule has 0 bridgehead atoms. The maximum absolute atomic E-state index is 11.6. The van der Waals surface area contributed by atoms with E-state index < -0.39 is 23.1 Å². The highest BCUT2D eigenvalue weighted by atomic mass is 35.5. The number of methoxy groups -OCH3 is 1. The summed E-state index contributed by atoms with van der Waals surface area (Å²) in [5.41, 5.74) is -0.600. The Morgan fingerprint density at radius 2 is 1.53 bits per heavy atom. The highest BCUT2D eigenvalue weighted by Crippen LogP contribution is 2.47. The van der Waals surface area contributed by atoms with Gasteiger partial charge >= 0.3 is 0 Å². The minimum Gasteiger partial charge on any atom is -0.505 e. The van der Waals surface area contributed by atoms with E-state index in [1.165, 1.54) is 7.11 Å². The van der Waals surface area contributed by atoms with Crippen LogP contribution in [0.25, 0.3) is 0 Å². The molecule has 0 unspecified atom stereocenters. The van der Waals surface area contributed by atoms with Crippen LogP contribution in [0.1, 0.15) is 20.7 Å². The van der Waals surface area contributed by atoms with Crippen LogP contribution >= 0.6 is 11.6 Å².